The minimum atomic E-state index is -1.29. The van der Waals surface area contributed by atoms with Gasteiger partial charge in [-0.25, -0.2) is 9.97 Å². The van der Waals surface area contributed by atoms with E-state index in [1.165, 1.54) is 6.26 Å². The molecule has 4 bridgehead atoms. The predicted octanol–water partition coefficient (Wildman–Crippen LogP) is 4.77. The lowest BCUT2D eigenvalue weighted by molar-refractivity contribution is -0.154. The highest BCUT2D eigenvalue weighted by molar-refractivity contribution is 5.90. The fourth-order valence-corrected chi connectivity index (χ4v) is 6.85. The lowest BCUT2D eigenvalue weighted by Crippen LogP contribution is -2.52. The monoisotopic (exact) mass is 697 g/mol. The summed E-state index contributed by atoms with van der Waals surface area (Å²) in [5.74, 6) is -0.679. The van der Waals surface area contributed by atoms with Crippen LogP contribution in [-0.4, -0.2) is 51.2 Å². The Labute approximate surface area is 295 Å². The van der Waals surface area contributed by atoms with Gasteiger partial charge in [0.05, 0.1) is 5.41 Å². The number of benzene rings is 2. The van der Waals surface area contributed by atoms with Crippen LogP contribution in [0.1, 0.15) is 88.5 Å². The maximum atomic E-state index is 14.0. The zero-order chi connectivity index (χ0) is 36.4. The quantitative estimate of drug-likeness (QED) is 0.196. The number of rotatable bonds is 7. The first-order valence-electron chi connectivity index (χ1n) is 17.3. The van der Waals surface area contributed by atoms with Crippen LogP contribution in [0.2, 0.25) is 0 Å². The molecule has 3 aliphatic rings. The second kappa shape index (κ2) is 12.6. The zero-order valence-electron chi connectivity index (χ0n) is 29.7. The third-order valence-electron chi connectivity index (χ3n) is 9.67. The van der Waals surface area contributed by atoms with Gasteiger partial charge in [-0.1, -0.05) is 58.0 Å². The molecule has 4 N–H and O–H groups in total. The molecule has 7 rings (SSSR count). The van der Waals surface area contributed by atoms with Crippen molar-refractivity contribution in [1.29, 1.82) is 0 Å². The van der Waals surface area contributed by atoms with Gasteiger partial charge in [0, 0.05) is 17.7 Å². The van der Waals surface area contributed by atoms with Gasteiger partial charge in [0.2, 0.25) is 23.6 Å². The van der Waals surface area contributed by atoms with Crippen LogP contribution in [0.25, 0.3) is 11.6 Å². The molecular formula is C38H43N5O8. The van der Waals surface area contributed by atoms with Gasteiger partial charge in [-0.15, -0.1) is 0 Å². The van der Waals surface area contributed by atoms with Crippen molar-refractivity contribution in [2.75, 3.05) is 5.32 Å². The lowest BCUT2D eigenvalue weighted by Gasteiger charge is -2.29. The molecule has 3 aliphatic heterocycles. The van der Waals surface area contributed by atoms with Crippen molar-refractivity contribution >= 4 is 23.5 Å². The van der Waals surface area contributed by atoms with Gasteiger partial charge in [0.15, 0.2) is 17.7 Å². The number of para-hydroxylation sites is 1. The molecule has 13 nitrogen and oxygen atoms in total. The number of fused-ring (bicyclic) bond motifs is 4. The SMILES string of the molecule is CC(C)C1NC(=O)C(NC(=O)[C@@H](O)C(C)C)Cc2ccc3c(c2)[C@@]2(c4ccccc4NC2O3)c2oc1nc2-c1nc(COC(=O)C(C)(C)C)co1. The van der Waals surface area contributed by atoms with E-state index in [-0.39, 0.29) is 42.6 Å². The molecule has 0 saturated carbocycles. The summed E-state index contributed by atoms with van der Waals surface area (Å²) in [4.78, 5) is 49.3. The third-order valence-corrected chi connectivity index (χ3v) is 9.67. The van der Waals surface area contributed by atoms with Crippen molar-refractivity contribution in [3.63, 3.8) is 0 Å². The highest BCUT2D eigenvalue weighted by atomic mass is 16.5. The van der Waals surface area contributed by atoms with Crippen molar-refractivity contribution in [3.05, 3.63) is 82.8 Å². The Hall–Kier alpha value is -5.17. The van der Waals surface area contributed by atoms with Crippen molar-refractivity contribution in [2.24, 2.45) is 17.3 Å². The molecule has 2 amide bonds. The van der Waals surface area contributed by atoms with Crippen molar-refractivity contribution < 1.29 is 37.8 Å². The first kappa shape index (κ1) is 34.3. The van der Waals surface area contributed by atoms with Crippen molar-refractivity contribution in [1.82, 2.24) is 20.6 Å². The van der Waals surface area contributed by atoms with Gasteiger partial charge in [-0.05, 0) is 55.9 Å². The lowest BCUT2D eigenvalue weighted by atomic mass is 9.72. The summed E-state index contributed by atoms with van der Waals surface area (Å²) < 4.78 is 25.0. The van der Waals surface area contributed by atoms with Crippen molar-refractivity contribution in [3.8, 4) is 17.3 Å². The molecule has 5 atom stereocenters. The van der Waals surface area contributed by atoms with Gasteiger partial charge in [-0.3, -0.25) is 14.4 Å². The Morgan fingerprint density at radius 2 is 1.84 bits per heavy atom. The Kier molecular flexibility index (Phi) is 8.44. The highest BCUT2D eigenvalue weighted by Gasteiger charge is 2.61. The fraction of sp³-hybridized carbons (Fsp3) is 0.447. The molecule has 268 valence electrons. The number of anilines is 1. The minimum Gasteiger partial charge on any atom is -0.469 e. The number of esters is 1. The van der Waals surface area contributed by atoms with Gasteiger partial charge >= 0.3 is 5.97 Å². The number of aliphatic hydroxyl groups is 1. The Morgan fingerprint density at radius 1 is 1.08 bits per heavy atom. The van der Waals surface area contributed by atoms with Crippen LogP contribution in [0.3, 0.4) is 0 Å². The smallest absolute Gasteiger partial charge is 0.311 e. The summed E-state index contributed by atoms with van der Waals surface area (Å²) in [5, 5.41) is 19.9. The number of oxazole rings is 2. The number of nitrogens with zero attached hydrogens (tertiary/aromatic N) is 2. The zero-order valence-corrected chi connectivity index (χ0v) is 29.7. The summed E-state index contributed by atoms with van der Waals surface area (Å²) >= 11 is 0. The molecular weight excluding hydrogens is 654 g/mol. The van der Waals surface area contributed by atoms with E-state index in [1.54, 1.807) is 34.6 Å². The second-order valence-corrected chi connectivity index (χ2v) is 15.2. The first-order valence-corrected chi connectivity index (χ1v) is 17.3. The van der Waals surface area contributed by atoms with E-state index in [0.29, 0.717) is 22.9 Å². The summed E-state index contributed by atoms with van der Waals surface area (Å²) in [7, 11) is 0. The molecule has 0 aliphatic carbocycles. The van der Waals surface area contributed by atoms with Crippen LogP contribution >= 0.6 is 0 Å². The van der Waals surface area contributed by atoms with Crippen LogP contribution in [0, 0.1) is 17.3 Å². The molecule has 13 heteroatoms. The van der Waals surface area contributed by atoms with E-state index in [2.05, 4.69) is 20.9 Å². The minimum absolute atomic E-state index is 0.101. The topological polar surface area (TPSA) is 178 Å². The molecule has 51 heavy (non-hydrogen) atoms. The summed E-state index contributed by atoms with van der Waals surface area (Å²) in [6.07, 6.45) is -0.372. The van der Waals surface area contributed by atoms with E-state index >= 15 is 0 Å². The molecule has 0 fully saturated rings. The Morgan fingerprint density at radius 3 is 2.57 bits per heavy atom. The van der Waals surface area contributed by atoms with Crippen LogP contribution in [0.4, 0.5) is 5.69 Å². The van der Waals surface area contributed by atoms with Crippen LogP contribution in [0.5, 0.6) is 5.75 Å². The van der Waals surface area contributed by atoms with Gasteiger partial charge in [0.25, 0.3) is 0 Å². The van der Waals surface area contributed by atoms with Crippen LogP contribution < -0.4 is 20.7 Å². The van der Waals surface area contributed by atoms with Gasteiger partial charge in [0.1, 0.15) is 47.9 Å². The number of aliphatic hydroxyl groups excluding tert-OH is 1. The molecule has 2 aromatic heterocycles. The maximum absolute atomic E-state index is 14.0. The highest BCUT2D eigenvalue weighted by Crippen LogP contribution is 2.59. The number of carbonyl (C=O) groups is 3. The summed E-state index contributed by atoms with van der Waals surface area (Å²) in [5.41, 5.74) is 2.17. The second-order valence-electron chi connectivity index (χ2n) is 15.2. The third kappa shape index (κ3) is 5.82. The number of hydrogen-bond acceptors (Lipinski definition) is 11. The normalized spacial score (nSPS) is 22.5. The standard InChI is InChI=1S/C38H43N5O8/c1-18(2)27-34-43-28(33-39-21(16-48-33)17-49-36(47)37(5,6)7)30(51-34)38-22-10-8-9-11-24(22)41-35(38)50-26-13-12-20(14-23(26)38)15-25(31(45)42-27)40-32(46)29(44)19(3)4/h8-14,16,18-19,25,27,29,35,41,44H,15,17H2,1-7H3,(H,40,46)(H,42,45)/t25?,27?,29-,35?,38-/m0/s1. The molecule has 2 aromatic carbocycles. The number of hydrogen-bond donors (Lipinski definition) is 4. The number of carbonyl (C=O) groups excluding carboxylic acids is 3. The first-order chi connectivity index (χ1) is 24.2. The van der Waals surface area contributed by atoms with E-state index in [4.69, 9.17) is 23.3 Å². The fourth-order valence-electron chi connectivity index (χ4n) is 6.85. The molecule has 5 heterocycles. The van der Waals surface area contributed by atoms with Gasteiger partial charge < -0.3 is 39.4 Å². The van der Waals surface area contributed by atoms with E-state index in [1.807, 2.05) is 56.3 Å². The Balaban J connectivity index is 1.41. The molecule has 4 aromatic rings. The van der Waals surface area contributed by atoms with E-state index in [0.717, 1.165) is 22.4 Å². The summed E-state index contributed by atoms with van der Waals surface area (Å²) in [6, 6.07) is 11.8. The Bertz CT molecular complexity index is 2010. The average molecular weight is 698 g/mol. The molecule has 0 saturated heterocycles. The molecule has 3 unspecified atom stereocenters. The number of amides is 2. The maximum Gasteiger partial charge on any atom is 0.311 e. The predicted molar refractivity (Wildman–Crippen MR) is 184 cm³/mol. The largest absolute Gasteiger partial charge is 0.469 e. The van der Waals surface area contributed by atoms with E-state index in [9.17, 15) is 19.5 Å². The van der Waals surface area contributed by atoms with E-state index < -0.39 is 47.1 Å². The van der Waals surface area contributed by atoms with Crippen LogP contribution in [0.15, 0.2) is 57.6 Å². The number of ether oxygens (including phenoxy) is 2. The average Bonchev–Trinajstić information content (AvgIpc) is 3.85. The van der Waals surface area contributed by atoms with Crippen LogP contribution in [-0.2, 0) is 37.6 Å². The number of aromatic nitrogens is 2. The summed E-state index contributed by atoms with van der Waals surface area (Å²) in [6.45, 7) is 12.5. The number of nitrogens with one attached hydrogen (secondary N) is 3. The van der Waals surface area contributed by atoms with Gasteiger partial charge in [-0.2, -0.15) is 0 Å². The van der Waals surface area contributed by atoms with Crippen molar-refractivity contribution in [2.45, 2.75) is 91.3 Å². The molecule has 1 spiro atoms. The molecule has 0 radical (unpaired) electrons.